The van der Waals surface area contributed by atoms with Gasteiger partial charge in [0.25, 0.3) is 0 Å². The molecular formula is C15H25N3O2. The Balaban J connectivity index is 2.11. The monoisotopic (exact) mass is 279 g/mol. The van der Waals surface area contributed by atoms with Crippen molar-refractivity contribution < 1.29 is 9.53 Å². The van der Waals surface area contributed by atoms with Crippen LogP contribution < -0.4 is 15.8 Å². The number of carbonyl (C=O) groups is 1. The first-order chi connectivity index (χ1) is 9.61. The Morgan fingerprint density at radius 1 is 1.35 bits per heavy atom. The van der Waals surface area contributed by atoms with E-state index < -0.39 is 0 Å². The Morgan fingerprint density at radius 3 is 2.70 bits per heavy atom. The molecule has 1 aromatic rings. The minimum atomic E-state index is 0.0776. The molecule has 0 aliphatic carbocycles. The highest BCUT2D eigenvalue weighted by Crippen LogP contribution is 2.13. The molecule has 1 amide bonds. The predicted molar refractivity (Wildman–Crippen MR) is 81.8 cm³/mol. The van der Waals surface area contributed by atoms with Crippen LogP contribution in [0.3, 0.4) is 0 Å². The highest BCUT2D eigenvalue weighted by atomic mass is 16.5. The van der Waals surface area contributed by atoms with Gasteiger partial charge in [-0.15, -0.1) is 0 Å². The van der Waals surface area contributed by atoms with Crippen molar-refractivity contribution in [1.29, 1.82) is 0 Å². The van der Waals surface area contributed by atoms with Crippen LogP contribution in [0.5, 0.6) is 5.75 Å². The highest BCUT2D eigenvalue weighted by molar-refractivity contribution is 5.77. The fraction of sp³-hybridized carbons (Fsp3) is 0.533. The number of ether oxygens (including phenoxy) is 1. The summed E-state index contributed by atoms with van der Waals surface area (Å²) in [4.78, 5) is 13.5. The number of rotatable bonds is 9. The molecule has 112 valence electrons. The smallest absolute Gasteiger partial charge is 0.234 e. The molecule has 0 aromatic heterocycles. The summed E-state index contributed by atoms with van der Waals surface area (Å²) in [5, 5.41) is 2.86. The van der Waals surface area contributed by atoms with E-state index in [2.05, 4.69) is 5.32 Å². The van der Waals surface area contributed by atoms with Gasteiger partial charge in [0, 0.05) is 18.8 Å². The van der Waals surface area contributed by atoms with Gasteiger partial charge in [0.15, 0.2) is 0 Å². The Hall–Kier alpha value is -1.75. The van der Waals surface area contributed by atoms with Gasteiger partial charge in [0.1, 0.15) is 5.75 Å². The van der Waals surface area contributed by atoms with Gasteiger partial charge < -0.3 is 15.8 Å². The van der Waals surface area contributed by atoms with Crippen molar-refractivity contribution in [2.45, 2.75) is 19.8 Å². The Kier molecular flexibility index (Phi) is 7.50. The van der Waals surface area contributed by atoms with E-state index in [1.165, 1.54) is 0 Å². The zero-order valence-corrected chi connectivity index (χ0v) is 12.4. The second-order valence-electron chi connectivity index (χ2n) is 4.86. The van der Waals surface area contributed by atoms with Crippen LogP contribution in [0.2, 0.25) is 0 Å². The summed E-state index contributed by atoms with van der Waals surface area (Å²) < 4.78 is 5.60. The molecule has 0 unspecified atom stereocenters. The van der Waals surface area contributed by atoms with Crippen LogP contribution in [-0.4, -0.2) is 44.1 Å². The molecule has 1 rings (SSSR count). The van der Waals surface area contributed by atoms with E-state index in [0.29, 0.717) is 13.2 Å². The molecule has 20 heavy (non-hydrogen) atoms. The van der Waals surface area contributed by atoms with E-state index >= 15 is 0 Å². The van der Waals surface area contributed by atoms with Crippen molar-refractivity contribution in [2.75, 3.05) is 39.0 Å². The number of hydrogen-bond donors (Lipinski definition) is 2. The lowest BCUT2D eigenvalue weighted by molar-refractivity contribution is -0.121. The third kappa shape index (κ3) is 6.99. The van der Waals surface area contributed by atoms with Gasteiger partial charge in [0.2, 0.25) is 5.91 Å². The number of nitrogen functional groups attached to an aromatic ring is 1. The number of benzene rings is 1. The van der Waals surface area contributed by atoms with Crippen LogP contribution in [-0.2, 0) is 4.79 Å². The molecule has 3 N–H and O–H groups in total. The number of nitrogens with one attached hydrogen (secondary N) is 1. The molecule has 5 nitrogen and oxygen atoms in total. The van der Waals surface area contributed by atoms with Gasteiger partial charge in [0.05, 0.1) is 13.2 Å². The van der Waals surface area contributed by atoms with Crippen LogP contribution in [0.4, 0.5) is 5.69 Å². The molecule has 0 radical (unpaired) electrons. The fourth-order valence-electron chi connectivity index (χ4n) is 1.73. The third-order valence-corrected chi connectivity index (χ3v) is 2.82. The molecule has 0 atom stereocenters. The summed E-state index contributed by atoms with van der Waals surface area (Å²) >= 11 is 0. The summed E-state index contributed by atoms with van der Waals surface area (Å²) in [6, 6.07) is 7.35. The summed E-state index contributed by atoms with van der Waals surface area (Å²) in [7, 11) is 1.94. The number of amides is 1. The van der Waals surface area contributed by atoms with Crippen LogP contribution in [0.15, 0.2) is 24.3 Å². The van der Waals surface area contributed by atoms with E-state index in [4.69, 9.17) is 10.5 Å². The number of nitrogens with two attached hydrogens (primary N) is 1. The lowest BCUT2D eigenvalue weighted by atomic mass is 10.3. The maximum absolute atomic E-state index is 11.5. The third-order valence-electron chi connectivity index (χ3n) is 2.82. The fourth-order valence-corrected chi connectivity index (χ4v) is 1.73. The first kappa shape index (κ1) is 16.3. The van der Waals surface area contributed by atoms with E-state index in [1.54, 1.807) is 0 Å². The molecule has 0 bridgehead atoms. The topological polar surface area (TPSA) is 67.6 Å². The summed E-state index contributed by atoms with van der Waals surface area (Å²) in [5.41, 5.74) is 6.33. The second-order valence-corrected chi connectivity index (χ2v) is 4.86. The van der Waals surface area contributed by atoms with Crippen LogP contribution >= 0.6 is 0 Å². The van der Waals surface area contributed by atoms with E-state index in [1.807, 2.05) is 43.1 Å². The highest BCUT2D eigenvalue weighted by Gasteiger charge is 2.05. The van der Waals surface area contributed by atoms with Crippen molar-refractivity contribution in [3.8, 4) is 5.75 Å². The van der Waals surface area contributed by atoms with Crippen LogP contribution in [0, 0.1) is 0 Å². The number of hydrogen-bond acceptors (Lipinski definition) is 4. The van der Waals surface area contributed by atoms with E-state index in [0.717, 1.165) is 37.4 Å². The quantitative estimate of drug-likeness (QED) is 0.531. The molecule has 0 saturated heterocycles. The second kappa shape index (κ2) is 9.20. The van der Waals surface area contributed by atoms with Gasteiger partial charge in [-0.05, 0) is 44.2 Å². The molecule has 5 heteroatoms. The van der Waals surface area contributed by atoms with E-state index in [9.17, 15) is 4.79 Å². The Morgan fingerprint density at radius 2 is 2.05 bits per heavy atom. The van der Waals surface area contributed by atoms with E-state index in [-0.39, 0.29) is 5.91 Å². The average Bonchev–Trinajstić information content (AvgIpc) is 2.43. The molecule has 0 fully saturated rings. The molecule has 0 aliphatic heterocycles. The van der Waals surface area contributed by atoms with Crippen molar-refractivity contribution in [3.05, 3.63) is 24.3 Å². The van der Waals surface area contributed by atoms with Gasteiger partial charge >= 0.3 is 0 Å². The summed E-state index contributed by atoms with van der Waals surface area (Å²) in [6.45, 7) is 4.67. The van der Waals surface area contributed by atoms with Crippen LogP contribution in [0.25, 0.3) is 0 Å². The minimum absolute atomic E-state index is 0.0776. The molecule has 0 aliphatic rings. The lowest BCUT2D eigenvalue weighted by Crippen LogP contribution is -2.36. The lowest BCUT2D eigenvalue weighted by Gasteiger charge is -2.16. The zero-order chi connectivity index (χ0) is 14.8. The zero-order valence-electron chi connectivity index (χ0n) is 12.4. The summed E-state index contributed by atoms with van der Waals surface area (Å²) in [6.07, 6.45) is 1.84. The summed E-state index contributed by atoms with van der Waals surface area (Å²) in [5.74, 6) is 0.899. The maximum atomic E-state index is 11.5. The Labute approximate surface area is 121 Å². The molecule has 0 heterocycles. The molecule has 0 saturated carbocycles. The number of likely N-dealkylation sites (N-methyl/N-ethyl adjacent to an activating group) is 1. The van der Waals surface area contributed by atoms with Gasteiger partial charge in [-0.2, -0.15) is 0 Å². The normalized spacial score (nSPS) is 10.6. The molecule has 1 aromatic carbocycles. The predicted octanol–water partition coefficient (Wildman–Crippen LogP) is 1.50. The van der Waals surface area contributed by atoms with Crippen LogP contribution in [0.1, 0.15) is 19.8 Å². The molecular weight excluding hydrogens is 254 g/mol. The van der Waals surface area contributed by atoms with Crippen molar-refractivity contribution in [3.63, 3.8) is 0 Å². The standard InChI is InChI=1S/C15H25N3O2/c1-3-9-17-15(19)12-18(2)10-4-11-20-14-7-5-13(16)6-8-14/h5-8H,3-4,9-12,16H2,1-2H3,(H,17,19). The SMILES string of the molecule is CCCNC(=O)CN(C)CCCOc1ccc(N)cc1. The number of anilines is 1. The van der Waals surface area contributed by atoms with Gasteiger partial charge in [-0.25, -0.2) is 0 Å². The van der Waals surface area contributed by atoms with Crippen molar-refractivity contribution in [2.24, 2.45) is 0 Å². The largest absolute Gasteiger partial charge is 0.494 e. The van der Waals surface area contributed by atoms with Crippen molar-refractivity contribution in [1.82, 2.24) is 10.2 Å². The Bertz CT molecular complexity index is 393. The average molecular weight is 279 g/mol. The first-order valence-electron chi connectivity index (χ1n) is 7.05. The van der Waals surface area contributed by atoms with Gasteiger partial charge in [-0.1, -0.05) is 6.92 Å². The molecule has 0 spiro atoms. The minimum Gasteiger partial charge on any atom is -0.494 e. The number of carbonyl (C=O) groups excluding carboxylic acids is 1. The first-order valence-corrected chi connectivity index (χ1v) is 7.05. The van der Waals surface area contributed by atoms with Gasteiger partial charge in [-0.3, -0.25) is 9.69 Å². The van der Waals surface area contributed by atoms with Crippen molar-refractivity contribution >= 4 is 11.6 Å². The number of nitrogens with zero attached hydrogens (tertiary/aromatic N) is 1. The maximum Gasteiger partial charge on any atom is 0.234 e.